The monoisotopic (exact) mass is 402 g/mol. The SMILES string of the molecule is C=C(CNC(=O)OC(C)(C)C)c1cc2c(cc1F)c(=O)c(C(=O)O)cn2C1CC1. The number of carbonyl (C=O) groups excluding carboxylic acids is 1. The number of halogens is 1. The number of aromatic carboxylic acids is 1. The summed E-state index contributed by atoms with van der Waals surface area (Å²) in [5.74, 6) is -2.06. The van der Waals surface area contributed by atoms with Crippen molar-refractivity contribution in [2.45, 2.75) is 45.3 Å². The van der Waals surface area contributed by atoms with Gasteiger partial charge in [-0.2, -0.15) is 0 Å². The minimum absolute atomic E-state index is 0.00551. The third kappa shape index (κ3) is 4.47. The van der Waals surface area contributed by atoms with Gasteiger partial charge in [-0.05, 0) is 51.3 Å². The van der Waals surface area contributed by atoms with E-state index in [-0.39, 0.29) is 29.1 Å². The van der Waals surface area contributed by atoms with E-state index in [1.165, 1.54) is 12.3 Å². The van der Waals surface area contributed by atoms with E-state index in [4.69, 9.17) is 4.74 Å². The molecular formula is C21H23FN2O5. The minimum atomic E-state index is -1.35. The summed E-state index contributed by atoms with van der Waals surface area (Å²) < 4.78 is 21.6. The molecule has 8 heteroatoms. The van der Waals surface area contributed by atoms with Crippen molar-refractivity contribution in [3.8, 4) is 0 Å². The fourth-order valence-corrected chi connectivity index (χ4v) is 3.04. The first-order chi connectivity index (χ1) is 13.5. The van der Waals surface area contributed by atoms with Gasteiger partial charge in [-0.25, -0.2) is 14.0 Å². The highest BCUT2D eigenvalue weighted by Gasteiger charge is 2.27. The zero-order chi connectivity index (χ0) is 21.5. The molecule has 2 aromatic rings. The summed E-state index contributed by atoms with van der Waals surface area (Å²) in [7, 11) is 0. The van der Waals surface area contributed by atoms with Gasteiger partial charge in [-0.15, -0.1) is 0 Å². The predicted molar refractivity (Wildman–Crippen MR) is 107 cm³/mol. The molecule has 1 aliphatic carbocycles. The number of nitrogens with one attached hydrogen (secondary N) is 1. The fourth-order valence-electron chi connectivity index (χ4n) is 3.04. The van der Waals surface area contributed by atoms with Crippen LogP contribution in [0.1, 0.15) is 55.6 Å². The largest absolute Gasteiger partial charge is 0.477 e. The molecule has 0 unspecified atom stereocenters. The molecule has 154 valence electrons. The average Bonchev–Trinajstić information content (AvgIpc) is 3.43. The lowest BCUT2D eigenvalue weighted by Gasteiger charge is -2.20. The summed E-state index contributed by atoms with van der Waals surface area (Å²) in [5.41, 5.74) is -0.897. The number of carboxylic acids is 1. The standard InChI is InChI=1S/C21H23FN2O5/c1-11(9-23-20(28)29-21(2,3)4)13-8-17-14(7-16(13)22)18(25)15(19(26)27)10-24(17)12-5-6-12/h7-8,10,12H,1,5-6,9H2,2-4H3,(H,23,28)(H,26,27). The Morgan fingerprint density at radius 1 is 1.31 bits per heavy atom. The van der Waals surface area contributed by atoms with Gasteiger partial charge in [-0.1, -0.05) is 6.58 Å². The van der Waals surface area contributed by atoms with Crippen LogP contribution in [0, 0.1) is 5.82 Å². The Hall–Kier alpha value is -3.16. The van der Waals surface area contributed by atoms with Crippen molar-refractivity contribution in [2.75, 3.05) is 6.54 Å². The maximum Gasteiger partial charge on any atom is 0.407 e. The summed E-state index contributed by atoms with van der Waals surface area (Å²) in [6.07, 6.45) is 2.37. The van der Waals surface area contributed by atoms with E-state index < -0.39 is 28.9 Å². The molecule has 0 atom stereocenters. The van der Waals surface area contributed by atoms with Crippen LogP contribution in [0.4, 0.5) is 9.18 Å². The van der Waals surface area contributed by atoms with Crippen LogP contribution in [0.5, 0.6) is 0 Å². The number of benzene rings is 1. The third-order valence-electron chi connectivity index (χ3n) is 4.52. The summed E-state index contributed by atoms with van der Waals surface area (Å²) in [6, 6.07) is 2.59. The van der Waals surface area contributed by atoms with Gasteiger partial charge in [0.05, 0.1) is 5.52 Å². The quantitative estimate of drug-likeness (QED) is 0.795. The van der Waals surface area contributed by atoms with Crippen LogP contribution in [0.2, 0.25) is 0 Å². The number of rotatable bonds is 5. The Balaban J connectivity index is 1.97. The van der Waals surface area contributed by atoms with E-state index in [2.05, 4.69) is 11.9 Å². The second-order valence-electron chi connectivity index (χ2n) is 8.12. The first-order valence-electron chi connectivity index (χ1n) is 9.24. The molecule has 7 nitrogen and oxygen atoms in total. The second-order valence-corrected chi connectivity index (χ2v) is 8.12. The Morgan fingerprint density at radius 2 is 1.97 bits per heavy atom. The van der Waals surface area contributed by atoms with Crippen molar-refractivity contribution in [3.05, 3.63) is 52.1 Å². The number of hydrogen-bond acceptors (Lipinski definition) is 4. The molecule has 1 aromatic heterocycles. The summed E-state index contributed by atoms with van der Waals surface area (Å²) in [5, 5.41) is 11.8. The molecular weight excluding hydrogens is 379 g/mol. The third-order valence-corrected chi connectivity index (χ3v) is 4.52. The van der Waals surface area contributed by atoms with E-state index in [0.29, 0.717) is 11.1 Å². The Bertz CT molecular complexity index is 1080. The second kappa shape index (κ2) is 7.35. The normalized spacial score (nSPS) is 13.9. The highest BCUT2D eigenvalue weighted by Crippen LogP contribution is 2.37. The number of ether oxygens (including phenoxy) is 1. The Labute approximate surface area is 166 Å². The molecule has 1 aliphatic rings. The topological polar surface area (TPSA) is 97.6 Å². The molecule has 1 fully saturated rings. The van der Waals surface area contributed by atoms with Crippen LogP contribution < -0.4 is 10.7 Å². The highest BCUT2D eigenvalue weighted by molar-refractivity contribution is 5.93. The summed E-state index contributed by atoms with van der Waals surface area (Å²) >= 11 is 0. The Morgan fingerprint density at radius 3 is 2.52 bits per heavy atom. The molecule has 0 saturated heterocycles. The van der Waals surface area contributed by atoms with Crippen LogP contribution in [-0.4, -0.2) is 33.9 Å². The number of nitrogens with zero attached hydrogens (tertiary/aromatic N) is 1. The number of fused-ring (bicyclic) bond motifs is 1. The van der Waals surface area contributed by atoms with E-state index in [1.807, 2.05) is 0 Å². The minimum Gasteiger partial charge on any atom is -0.477 e. The maximum absolute atomic E-state index is 14.7. The lowest BCUT2D eigenvalue weighted by atomic mass is 10.0. The maximum atomic E-state index is 14.7. The van der Waals surface area contributed by atoms with Crippen LogP contribution >= 0.6 is 0 Å². The predicted octanol–water partition coefficient (Wildman–Crippen LogP) is 3.71. The molecule has 3 rings (SSSR count). The smallest absolute Gasteiger partial charge is 0.407 e. The molecule has 0 radical (unpaired) electrons. The van der Waals surface area contributed by atoms with Crippen molar-refractivity contribution in [1.29, 1.82) is 0 Å². The molecule has 0 aliphatic heterocycles. The molecule has 1 heterocycles. The molecule has 0 spiro atoms. The van der Waals surface area contributed by atoms with Gasteiger partial charge < -0.3 is 19.7 Å². The van der Waals surface area contributed by atoms with Gasteiger partial charge in [0.25, 0.3) is 0 Å². The lowest BCUT2D eigenvalue weighted by molar-refractivity contribution is 0.0534. The molecule has 2 N–H and O–H groups in total. The number of carboxylic acid groups (broad SMARTS) is 1. The van der Waals surface area contributed by atoms with Crippen LogP contribution in [0.15, 0.2) is 29.7 Å². The van der Waals surface area contributed by atoms with Crippen LogP contribution in [-0.2, 0) is 4.74 Å². The van der Waals surface area contributed by atoms with Crippen molar-refractivity contribution in [1.82, 2.24) is 9.88 Å². The highest BCUT2D eigenvalue weighted by atomic mass is 19.1. The number of hydrogen-bond donors (Lipinski definition) is 2. The zero-order valence-electron chi connectivity index (χ0n) is 16.5. The number of pyridine rings is 1. The van der Waals surface area contributed by atoms with Gasteiger partial charge in [0, 0.05) is 29.7 Å². The van der Waals surface area contributed by atoms with Crippen LogP contribution in [0.25, 0.3) is 16.5 Å². The van der Waals surface area contributed by atoms with Crippen molar-refractivity contribution >= 4 is 28.5 Å². The first-order valence-corrected chi connectivity index (χ1v) is 9.24. The molecule has 1 amide bonds. The van der Waals surface area contributed by atoms with Crippen molar-refractivity contribution in [3.63, 3.8) is 0 Å². The lowest BCUT2D eigenvalue weighted by Crippen LogP contribution is -2.33. The van der Waals surface area contributed by atoms with E-state index in [0.717, 1.165) is 18.9 Å². The van der Waals surface area contributed by atoms with E-state index in [9.17, 15) is 23.9 Å². The van der Waals surface area contributed by atoms with Crippen LogP contribution in [0.3, 0.4) is 0 Å². The van der Waals surface area contributed by atoms with Gasteiger partial charge in [-0.3, -0.25) is 4.79 Å². The zero-order valence-corrected chi connectivity index (χ0v) is 16.5. The van der Waals surface area contributed by atoms with E-state index in [1.54, 1.807) is 25.3 Å². The number of amides is 1. The van der Waals surface area contributed by atoms with Gasteiger partial charge >= 0.3 is 12.1 Å². The number of carbonyl (C=O) groups is 2. The van der Waals surface area contributed by atoms with E-state index >= 15 is 0 Å². The van der Waals surface area contributed by atoms with Crippen molar-refractivity contribution in [2.24, 2.45) is 0 Å². The van der Waals surface area contributed by atoms with Gasteiger partial charge in [0.15, 0.2) is 0 Å². The first kappa shape index (κ1) is 20.6. The Kier molecular flexibility index (Phi) is 5.21. The summed E-state index contributed by atoms with van der Waals surface area (Å²) in [6.45, 7) is 8.97. The van der Waals surface area contributed by atoms with Gasteiger partial charge in [0.2, 0.25) is 5.43 Å². The van der Waals surface area contributed by atoms with Gasteiger partial charge in [0.1, 0.15) is 17.0 Å². The molecule has 29 heavy (non-hydrogen) atoms. The summed E-state index contributed by atoms with van der Waals surface area (Å²) in [4.78, 5) is 35.7. The molecule has 1 saturated carbocycles. The molecule has 1 aromatic carbocycles. The number of aromatic nitrogens is 1. The average molecular weight is 402 g/mol. The van der Waals surface area contributed by atoms with Crippen molar-refractivity contribution < 1.29 is 23.8 Å². The molecule has 0 bridgehead atoms. The number of alkyl carbamates (subject to hydrolysis) is 1. The fraction of sp³-hybridized carbons (Fsp3) is 0.381.